The van der Waals surface area contributed by atoms with E-state index in [4.69, 9.17) is 9.05 Å². The summed E-state index contributed by atoms with van der Waals surface area (Å²) in [6, 6.07) is 15.2. The van der Waals surface area contributed by atoms with E-state index in [1.165, 1.54) is 0 Å². The van der Waals surface area contributed by atoms with Crippen molar-refractivity contribution in [1.82, 2.24) is 0 Å². The number of rotatable bonds is 9. The van der Waals surface area contributed by atoms with Gasteiger partial charge in [0.2, 0.25) is 0 Å². The van der Waals surface area contributed by atoms with E-state index in [0.717, 1.165) is 23.0 Å². The molecule has 0 bridgehead atoms. The van der Waals surface area contributed by atoms with E-state index >= 15 is 0 Å². The van der Waals surface area contributed by atoms with Crippen LogP contribution in [-0.4, -0.2) is 19.5 Å². The van der Waals surface area contributed by atoms with Crippen molar-refractivity contribution >= 4 is 26.0 Å². The highest BCUT2D eigenvalue weighted by Gasteiger charge is 2.23. The monoisotopic (exact) mass is 358 g/mol. The molecule has 0 saturated carbocycles. The molecule has 0 heterocycles. The zero-order valence-electron chi connectivity index (χ0n) is 14.6. The van der Waals surface area contributed by atoms with E-state index in [-0.39, 0.29) is 6.16 Å². The summed E-state index contributed by atoms with van der Waals surface area (Å²) >= 11 is 0. The predicted molar refractivity (Wildman–Crippen MR) is 102 cm³/mol. The summed E-state index contributed by atoms with van der Waals surface area (Å²) in [5.74, 6) is 0. The van der Waals surface area contributed by atoms with Crippen molar-refractivity contribution in [3.8, 4) is 0 Å². The molecule has 0 N–H and O–H groups in total. The van der Waals surface area contributed by atoms with Crippen LogP contribution in [0.25, 0.3) is 12.2 Å². The highest BCUT2D eigenvalue weighted by molar-refractivity contribution is 7.53. The molecule has 0 amide bonds. The number of hydrogen-bond acceptors (Lipinski definition) is 4. The smallest absolute Gasteiger partial charge is 0.309 e. The SMILES string of the molecule is CCOP(=O)(Cc1ccc(C=Cc2ccc(C=O)cc2)cc1)OCC. The number of aldehydes is 1. The second-order valence-corrected chi connectivity index (χ2v) is 7.52. The molecule has 0 radical (unpaired) electrons. The van der Waals surface area contributed by atoms with Crippen molar-refractivity contribution in [3.63, 3.8) is 0 Å². The lowest BCUT2D eigenvalue weighted by molar-refractivity contribution is 0.112. The van der Waals surface area contributed by atoms with Gasteiger partial charge in [-0.1, -0.05) is 60.7 Å². The maximum Gasteiger partial charge on any atom is 0.335 e. The van der Waals surface area contributed by atoms with E-state index in [0.29, 0.717) is 18.8 Å². The lowest BCUT2D eigenvalue weighted by Crippen LogP contribution is -1.99. The standard InChI is InChI=1S/C20H23O4P/c1-3-23-25(22,24-4-2)16-20-13-9-18(10-14-20)6-5-17-7-11-19(15-21)12-8-17/h5-15H,3-4,16H2,1-2H3. The minimum Gasteiger partial charge on any atom is -0.309 e. The molecule has 0 saturated heterocycles. The van der Waals surface area contributed by atoms with Crippen LogP contribution < -0.4 is 0 Å². The van der Waals surface area contributed by atoms with Gasteiger partial charge in [0.15, 0.2) is 0 Å². The average molecular weight is 358 g/mol. The van der Waals surface area contributed by atoms with Crippen LogP contribution in [0.5, 0.6) is 0 Å². The molecule has 132 valence electrons. The molecule has 0 aliphatic heterocycles. The molecule has 0 aromatic heterocycles. The number of carbonyl (C=O) groups excluding carboxylic acids is 1. The Morgan fingerprint density at radius 2 is 1.24 bits per heavy atom. The van der Waals surface area contributed by atoms with Gasteiger partial charge in [0.05, 0.1) is 19.4 Å². The highest BCUT2D eigenvalue weighted by atomic mass is 31.2. The normalized spacial score (nSPS) is 11.8. The van der Waals surface area contributed by atoms with Crippen LogP contribution in [0.15, 0.2) is 48.5 Å². The minimum absolute atomic E-state index is 0.270. The first-order chi connectivity index (χ1) is 12.1. The fraction of sp³-hybridized carbons (Fsp3) is 0.250. The van der Waals surface area contributed by atoms with Crippen molar-refractivity contribution in [2.75, 3.05) is 13.2 Å². The Balaban J connectivity index is 2.04. The van der Waals surface area contributed by atoms with E-state index in [1.54, 1.807) is 26.0 Å². The van der Waals surface area contributed by atoms with E-state index < -0.39 is 7.60 Å². The molecule has 2 rings (SSSR count). The lowest BCUT2D eigenvalue weighted by Gasteiger charge is -2.16. The maximum absolute atomic E-state index is 12.5. The molecule has 0 aliphatic rings. The fourth-order valence-corrected chi connectivity index (χ4v) is 4.06. The van der Waals surface area contributed by atoms with Gasteiger partial charge in [0, 0.05) is 5.56 Å². The van der Waals surface area contributed by atoms with Gasteiger partial charge in [-0.2, -0.15) is 0 Å². The van der Waals surface area contributed by atoms with Gasteiger partial charge >= 0.3 is 7.60 Å². The molecule has 0 unspecified atom stereocenters. The quantitative estimate of drug-likeness (QED) is 0.340. The second kappa shape index (κ2) is 9.47. The Labute approximate surface area is 149 Å². The Morgan fingerprint density at radius 3 is 1.68 bits per heavy atom. The van der Waals surface area contributed by atoms with Crippen molar-refractivity contribution < 1.29 is 18.4 Å². The largest absolute Gasteiger partial charge is 0.335 e. The van der Waals surface area contributed by atoms with E-state index in [1.807, 2.05) is 48.6 Å². The minimum atomic E-state index is -3.07. The third kappa shape index (κ3) is 6.09. The first-order valence-corrected chi connectivity index (χ1v) is 10.0. The van der Waals surface area contributed by atoms with Crippen LogP contribution in [0, 0.1) is 0 Å². The molecule has 0 spiro atoms. The van der Waals surface area contributed by atoms with Crippen LogP contribution >= 0.6 is 7.60 Å². The van der Waals surface area contributed by atoms with Gasteiger partial charge in [-0.25, -0.2) is 0 Å². The molecule has 0 fully saturated rings. The summed E-state index contributed by atoms with van der Waals surface area (Å²) in [7, 11) is -3.07. The molecular formula is C20H23O4P. The topological polar surface area (TPSA) is 52.6 Å². The summed E-state index contributed by atoms with van der Waals surface area (Å²) < 4.78 is 23.2. The lowest BCUT2D eigenvalue weighted by atomic mass is 10.1. The van der Waals surface area contributed by atoms with Gasteiger partial charge in [-0.15, -0.1) is 0 Å². The zero-order chi connectivity index (χ0) is 18.1. The number of carbonyl (C=O) groups is 1. The molecule has 0 atom stereocenters. The summed E-state index contributed by atoms with van der Waals surface area (Å²) in [6.07, 6.45) is 5.07. The van der Waals surface area contributed by atoms with Gasteiger partial charge < -0.3 is 9.05 Å². The molecule has 2 aromatic rings. The van der Waals surface area contributed by atoms with Gasteiger partial charge in [-0.05, 0) is 30.5 Å². The fourth-order valence-electron chi connectivity index (χ4n) is 2.36. The third-order valence-corrected chi connectivity index (χ3v) is 5.60. The Hall–Kier alpha value is -2.00. The second-order valence-electron chi connectivity index (χ2n) is 5.46. The van der Waals surface area contributed by atoms with Crippen molar-refractivity contribution in [2.45, 2.75) is 20.0 Å². The van der Waals surface area contributed by atoms with Crippen LogP contribution in [0.4, 0.5) is 0 Å². The van der Waals surface area contributed by atoms with Crippen LogP contribution in [-0.2, 0) is 19.8 Å². The maximum atomic E-state index is 12.5. The van der Waals surface area contributed by atoms with Crippen molar-refractivity contribution in [3.05, 3.63) is 70.8 Å². The van der Waals surface area contributed by atoms with Crippen molar-refractivity contribution in [1.29, 1.82) is 0 Å². The van der Waals surface area contributed by atoms with Crippen LogP contribution in [0.1, 0.15) is 40.9 Å². The summed E-state index contributed by atoms with van der Waals surface area (Å²) in [5.41, 5.74) is 3.63. The van der Waals surface area contributed by atoms with Gasteiger partial charge in [-0.3, -0.25) is 9.36 Å². The highest BCUT2D eigenvalue weighted by Crippen LogP contribution is 2.51. The van der Waals surface area contributed by atoms with E-state index in [2.05, 4.69) is 0 Å². The van der Waals surface area contributed by atoms with Crippen molar-refractivity contribution in [2.24, 2.45) is 0 Å². The molecular weight excluding hydrogens is 335 g/mol. The average Bonchev–Trinajstić information content (AvgIpc) is 2.62. The Bertz CT molecular complexity index is 738. The number of hydrogen-bond donors (Lipinski definition) is 0. The molecule has 25 heavy (non-hydrogen) atoms. The van der Waals surface area contributed by atoms with Crippen LogP contribution in [0.2, 0.25) is 0 Å². The Kier molecular flexibility index (Phi) is 7.32. The van der Waals surface area contributed by atoms with E-state index in [9.17, 15) is 9.36 Å². The van der Waals surface area contributed by atoms with Gasteiger partial charge in [0.25, 0.3) is 0 Å². The molecule has 5 heteroatoms. The summed E-state index contributed by atoms with van der Waals surface area (Å²) in [5, 5.41) is 0. The molecule has 2 aromatic carbocycles. The first-order valence-electron chi connectivity index (χ1n) is 8.29. The summed E-state index contributed by atoms with van der Waals surface area (Å²) in [4.78, 5) is 10.7. The zero-order valence-corrected chi connectivity index (χ0v) is 15.4. The molecule has 0 aliphatic carbocycles. The number of benzene rings is 2. The third-order valence-electron chi connectivity index (χ3n) is 3.55. The predicted octanol–water partition coefficient (Wildman–Crippen LogP) is 5.44. The first kappa shape index (κ1) is 19.3. The molecule has 4 nitrogen and oxygen atoms in total. The van der Waals surface area contributed by atoms with Gasteiger partial charge in [0.1, 0.15) is 6.29 Å². The summed E-state index contributed by atoms with van der Waals surface area (Å²) in [6.45, 7) is 4.34. The van der Waals surface area contributed by atoms with Crippen LogP contribution in [0.3, 0.4) is 0 Å². The Morgan fingerprint density at radius 1 is 0.800 bits per heavy atom.